The van der Waals surface area contributed by atoms with Gasteiger partial charge in [-0.1, -0.05) is 0 Å². The van der Waals surface area contributed by atoms with E-state index in [9.17, 15) is 9.59 Å². The molecule has 0 saturated carbocycles. The van der Waals surface area contributed by atoms with Crippen molar-refractivity contribution in [1.29, 1.82) is 0 Å². The van der Waals surface area contributed by atoms with Gasteiger partial charge in [0.2, 0.25) is 5.91 Å². The summed E-state index contributed by atoms with van der Waals surface area (Å²) in [6.45, 7) is 3.17. The zero-order valence-electron chi connectivity index (χ0n) is 10.1. The normalized spacial score (nSPS) is 11.5. The minimum absolute atomic E-state index is 0.117. The molecule has 1 atom stereocenters. The predicted molar refractivity (Wildman–Crippen MR) is 65.8 cm³/mol. The van der Waals surface area contributed by atoms with E-state index in [-0.39, 0.29) is 11.9 Å². The van der Waals surface area contributed by atoms with Crippen LogP contribution in [0.5, 0.6) is 0 Å². The third-order valence-corrected chi connectivity index (χ3v) is 2.14. The van der Waals surface area contributed by atoms with Gasteiger partial charge in [0.1, 0.15) is 6.04 Å². The van der Waals surface area contributed by atoms with Gasteiger partial charge in [0.25, 0.3) is 0 Å². The van der Waals surface area contributed by atoms with Gasteiger partial charge in [0, 0.05) is 18.3 Å². The van der Waals surface area contributed by atoms with Crippen LogP contribution in [0.15, 0.2) is 24.3 Å². The highest BCUT2D eigenvalue weighted by atomic mass is 16.5. The van der Waals surface area contributed by atoms with Crippen molar-refractivity contribution in [3.63, 3.8) is 0 Å². The van der Waals surface area contributed by atoms with Gasteiger partial charge in [-0.2, -0.15) is 0 Å². The van der Waals surface area contributed by atoms with Gasteiger partial charge in [0.05, 0.1) is 7.11 Å². The molecule has 1 aromatic rings. The predicted octanol–water partition coefficient (Wildman–Crippen LogP) is 1.62. The maximum atomic E-state index is 11.2. The molecule has 0 bridgehead atoms. The van der Waals surface area contributed by atoms with E-state index in [1.165, 1.54) is 14.0 Å². The van der Waals surface area contributed by atoms with Gasteiger partial charge in [-0.15, -0.1) is 0 Å². The molecule has 1 amide bonds. The van der Waals surface area contributed by atoms with Gasteiger partial charge in [-0.25, -0.2) is 4.79 Å². The molecule has 17 heavy (non-hydrogen) atoms. The Kier molecular flexibility index (Phi) is 4.51. The Labute approximate surface area is 100 Å². The Hall–Kier alpha value is -2.04. The lowest BCUT2D eigenvalue weighted by molar-refractivity contribution is -0.141. The second kappa shape index (κ2) is 5.89. The van der Waals surface area contributed by atoms with E-state index >= 15 is 0 Å². The van der Waals surface area contributed by atoms with Crippen molar-refractivity contribution in [2.45, 2.75) is 19.9 Å². The molecular weight excluding hydrogens is 220 g/mol. The van der Waals surface area contributed by atoms with Crippen LogP contribution in [0.1, 0.15) is 13.8 Å². The lowest BCUT2D eigenvalue weighted by atomic mass is 10.2. The zero-order chi connectivity index (χ0) is 12.8. The number of anilines is 2. The van der Waals surface area contributed by atoms with Crippen molar-refractivity contribution in [2.75, 3.05) is 17.7 Å². The van der Waals surface area contributed by atoms with E-state index < -0.39 is 6.04 Å². The zero-order valence-corrected chi connectivity index (χ0v) is 10.1. The minimum Gasteiger partial charge on any atom is -0.467 e. The van der Waals surface area contributed by atoms with Gasteiger partial charge in [-0.3, -0.25) is 4.79 Å². The molecule has 1 aromatic carbocycles. The van der Waals surface area contributed by atoms with Crippen LogP contribution in [-0.4, -0.2) is 25.0 Å². The highest BCUT2D eigenvalue weighted by Crippen LogP contribution is 2.14. The maximum absolute atomic E-state index is 11.2. The molecule has 0 fully saturated rings. The second-order valence-corrected chi connectivity index (χ2v) is 3.65. The number of benzene rings is 1. The Morgan fingerprint density at radius 1 is 1.18 bits per heavy atom. The van der Waals surface area contributed by atoms with Gasteiger partial charge >= 0.3 is 5.97 Å². The Bertz CT molecular complexity index is 401. The number of esters is 1. The monoisotopic (exact) mass is 236 g/mol. The van der Waals surface area contributed by atoms with Crippen LogP contribution >= 0.6 is 0 Å². The molecule has 5 nitrogen and oxygen atoms in total. The first-order valence-electron chi connectivity index (χ1n) is 5.25. The quantitative estimate of drug-likeness (QED) is 0.779. The minimum atomic E-state index is -0.411. The summed E-state index contributed by atoms with van der Waals surface area (Å²) in [6, 6.07) is 6.67. The lowest BCUT2D eigenvalue weighted by Gasteiger charge is -2.13. The molecule has 0 spiro atoms. The fraction of sp³-hybridized carbons (Fsp3) is 0.333. The van der Waals surface area contributed by atoms with Crippen LogP contribution in [0, 0.1) is 0 Å². The molecular formula is C12H16N2O3. The average molecular weight is 236 g/mol. The third-order valence-electron chi connectivity index (χ3n) is 2.14. The van der Waals surface area contributed by atoms with Gasteiger partial charge < -0.3 is 15.4 Å². The summed E-state index contributed by atoms with van der Waals surface area (Å²) in [4.78, 5) is 22.0. The third kappa shape index (κ3) is 4.14. The summed E-state index contributed by atoms with van der Waals surface area (Å²) in [6.07, 6.45) is 0. The number of carbonyl (C=O) groups is 2. The fourth-order valence-corrected chi connectivity index (χ4v) is 1.34. The number of nitrogens with one attached hydrogen (secondary N) is 2. The van der Waals surface area contributed by atoms with E-state index in [0.29, 0.717) is 5.69 Å². The Morgan fingerprint density at radius 3 is 2.18 bits per heavy atom. The second-order valence-electron chi connectivity index (χ2n) is 3.65. The van der Waals surface area contributed by atoms with E-state index in [0.717, 1.165) is 5.69 Å². The smallest absolute Gasteiger partial charge is 0.327 e. The van der Waals surface area contributed by atoms with Crippen LogP contribution in [0.3, 0.4) is 0 Å². The van der Waals surface area contributed by atoms with Gasteiger partial charge in [-0.05, 0) is 31.2 Å². The van der Waals surface area contributed by atoms with Crippen molar-refractivity contribution in [3.05, 3.63) is 24.3 Å². The Morgan fingerprint density at radius 2 is 1.71 bits per heavy atom. The number of carbonyl (C=O) groups excluding carboxylic acids is 2. The van der Waals surface area contributed by atoms with Crippen molar-refractivity contribution in [2.24, 2.45) is 0 Å². The molecule has 0 heterocycles. The molecule has 0 radical (unpaired) electrons. The number of methoxy groups -OCH3 is 1. The number of ether oxygens (including phenoxy) is 1. The van der Waals surface area contributed by atoms with E-state index in [4.69, 9.17) is 0 Å². The molecule has 0 aliphatic rings. The summed E-state index contributed by atoms with van der Waals surface area (Å²) < 4.78 is 4.60. The van der Waals surface area contributed by atoms with E-state index in [2.05, 4.69) is 15.4 Å². The molecule has 0 aliphatic heterocycles. The van der Waals surface area contributed by atoms with Crippen LogP contribution in [0.2, 0.25) is 0 Å². The fourth-order valence-electron chi connectivity index (χ4n) is 1.34. The number of hydrogen-bond acceptors (Lipinski definition) is 4. The number of hydrogen-bond donors (Lipinski definition) is 2. The molecule has 92 valence electrons. The van der Waals surface area contributed by atoms with Crippen LogP contribution in [-0.2, 0) is 14.3 Å². The highest BCUT2D eigenvalue weighted by molar-refractivity contribution is 5.88. The van der Waals surface area contributed by atoms with Crippen LogP contribution in [0.25, 0.3) is 0 Å². The topological polar surface area (TPSA) is 67.4 Å². The van der Waals surface area contributed by atoms with Crippen molar-refractivity contribution < 1.29 is 14.3 Å². The first kappa shape index (κ1) is 13.0. The van der Waals surface area contributed by atoms with E-state index in [1.54, 1.807) is 31.2 Å². The SMILES string of the molecule is COC(=O)C(C)Nc1ccc(NC(C)=O)cc1. The molecule has 0 aromatic heterocycles. The molecule has 1 rings (SSSR count). The summed E-state index contributed by atoms with van der Waals surface area (Å²) in [5, 5.41) is 5.65. The number of rotatable bonds is 4. The molecule has 2 N–H and O–H groups in total. The largest absolute Gasteiger partial charge is 0.467 e. The van der Waals surface area contributed by atoms with Crippen molar-refractivity contribution in [1.82, 2.24) is 0 Å². The summed E-state index contributed by atoms with van der Waals surface area (Å²) in [5.41, 5.74) is 1.51. The summed E-state index contributed by atoms with van der Waals surface area (Å²) >= 11 is 0. The standard InChI is InChI=1S/C12H16N2O3/c1-8(12(16)17-3)13-10-4-6-11(7-5-10)14-9(2)15/h4-8,13H,1-3H3,(H,14,15). The average Bonchev–Trinajstić information content (AvgIpc) is 2.30. The van der Waals surface area contributed by atoms with Crippen molar-refractivity contribution >= 4 is 23.3 Å². The van der Waals surface area contributed by atoms with E-state index in [1.807, 2.05) is 0 Å². The Balaban J connectivity index is 2.62. The summed E-state index contributed by atoms with van der Waals surface area (Å²) in [7, 11) is 1.35. The maximum Gasteiger partial charge on any atom is 0.327 e. The highest BCUT2D eigenvalue weighted by Gasteiger charge is 2.11. The van der Waals surface area contributed by atoms with Gasteiger partial charge in [0.15, 0.2) is 0 Å². The first-order valence-corrected chi connectivity index (χ1v) is 5.25. The molecule has 5 heteroatoms. The lowest BCUT2D eigenvalue weighted by Crippen LogP contribution is -2.27. The van der Waals surface area contributed by atoms with Crippen LogP contribution < -0.4 is 10.6 Å². The van der Waals surface area contributed by atoms with Crippen molar-refractivity contribution in [3.8, 4) is 0 Å². The molecule has 1 unspecified atom stereocenters. The van der Waals surface area contributed by atoms with Crippen LogP contribution in [0.4, 0.5) is 11.4 Å². The first-order chi connectivity index (χ1) is 8.02. The molecule has 0 aliphatic carbocycles. The summed E-state index contributed by atoms with van der Waals surface area (Å²) in [5.74, 6) is -0.440. The number of amides is 1. The molecule has 0 saturated heterocycles.